The molecule has 1 N–H and O–H groups in total. The predicted octanol–water partition coefficient (Wildman–Crippen LogP) is 4.92. The molecule has 2 heterocycles. The van der Waals surface area contributed by atoms with E-state index in [1.807, 2.05) is 36.4 Å². The molecule has 2 aromatic carbocycles. The van der Waals surface area contributed by atoms with Gasteiger partial charge >= 0.3 is 0 Å². The van der Waals surface area contributed by atoms with Crippen LogP contribution in [-0.4, -0.2) is 53.0 Å². The van der Waals surface area contributed by atoms with Gasteiger partial charge in [-0.2, -0.15) is 9.36 Å². The number of amides is 1. The summed E-state index contributed by atoms with van der Waals surface area (Å²) in [6, 6.07) is 15.7. The largest absolute Gasteiger partial charge is 0.497 e. The summed E-state index contributed by atoms with van der Waals surface area (Å²) in [5.41, 5.74) is 1.64. The maximum absolute atomic E-state index is 12.6. The van der Waals surface area contributed by atoms with Crippen LogP contribution in [-0.2, 0) is 6.42 Å². The van der Waals surface area contributed by atoms with Gasteiger partial charge in [0.2, 0.25) is 0 Å². The average molecular weight is 481 g/mol. The van der Waals surface area contributed by atoms with Crippen molar-refractivity contribution in [1.82, 2.24) is 19.6 Å². The highest BCUT2D eigenvalue weighted by Gasteiger charge is 2.17. The SMILES string of the molecule is COc1cccc(Cc2nsc(Oc3cccc(C(=O)NCCCN4CCCCC4C)c3)n2)c1. The summed E-state index contributed by atoms with van der Waals surface area (Å²) in [7, 11) is 1.65. The third-order valence-electron chi connectivity index (χ3n) is 6.10. The first-order valence-electron chi connectivity index (χ1n) is 11.9. The molecule has 4 rings (SSSR count). The van der Waals surface area contributed by atoms with Crippen molar-refractivity contribution in [1.29, 1.82) is 0 Å². The highest BCUT2D eigenvalue weighted by atomic mass is 32.1. The van der Waals surface area contributed by atoms with Gasteiger partial charge in [0.05, 0.1) is 7.11 Å². The van der Waals surface area contributed by atoms with Crippen LogP contribution in [0.3, 0.4) is 0 Å². The van der Waals surface area contributed by atoms with E-state index in [2.05, 4.69) is 26.5 Å². The Morgan fingerprint density at radius 2 is 2.03 bits per heavy atom. The molecular formula is C26H32N4O3S. The standard InChI is InChI=1S/C26H32N4O3S/c1-19-8-3-4-14-30(19)15-7-13-27-25(31)21-10-6-12-23(18-21)33-26-28-24(29-34-26)17-20-9-5-11-22(16-20)32-2/h5-6,9-12,16,18-19H,3-4,7-8,13-15,17H2,1-2H3,(H,27,31). The van der Waals surface area contributed by atoms with Crippen LogP contribution in [0.5, 0.6) is 16.7 Å². The van der Waals surface area contributed by atoms with Crippen molar-refractivity contribution >= 4 is 17.4 Å². The van der Waals surface area contributed by atoms with Gasteiger partial charge in [0.1, 0.15) is 11.5 Å². The van der Waals surface area contributed by atoms with Crippen molar-refractivity contribution in [2.45, 2.75) is 45.1 Å². The summed E-state index contributed by atoms with van der Waals surface area (Å²) < 4.78 is 15.6. The summed E-state index contributed by atoms with van der Waals surface area (Å²) in [4.78, 5) is 19.6. The van der Waals surface area contributed by atoms with E-state index in [4.69, 9.17) is 9.47 Å². The summed E-state index contributed by atoms with van der Waals surface area (Å²) in [5.74, 6) is 1.97. The number of likely N-dealkylation sites (tertiary alicyclic amines) is 1. The van der Waals surface area contributed by atoms with Crippen LogP contribution in [0.15, 0.2) is 48.5 Å². The lowest BCUT2D eigenvalue weighted by molar-refractivity contribution is 0.0948. The minimum Gasteiger partial charge on any atom is -0.497 e. The molecule has 0 aliphatic carbocycles. The lowest BCUT2D eigenvalue weighted by atomic mass is 10.0. The number of hydrogen-bond acceptors (Lipinski definition) is 7. The predicted molar refractivity (Wildman–Crippen MR) is 134 cm³/mol. The Kier molecular flexibility index (Phi) is 8.49. The number of hydrogen-bond donors (Lipinski definition) is 1. The van der Waals surface area contributed by atoms with Gasteiger partial charge < -0.3 is 19.7 Å². The molecule has 0 spiro atoms. The Morgan fingerprint density at radius 3 is 2.88 bits per heavy atom. The minimum atomic E-state index is -0.0897. The molecule has 3 aromatic rings. The molecule has 1 atom stereocenters. The van der Waals surface area contributed by atoms with Crippen LogP contribution in [0.4, 0.5) is 0 Å². The molecule has 1 fully saturated rings. The van der Waals surface area contributed by atoms with Crippen LogP contribution in [0.1, 0.15) is 54.4 Å². The normalized spacial score (nSPS) is 16.2. The summed E-state index contributed by atoms with van der Waals surface area (Å²) in [5, 5.41) is 3.48. The van der Waals surface area contributed by atoms with E-state index < -0.39 is 0 Å². The topological polar surface area (TPSA) is 76.6 Å². The molecule has 1 unspecified atom stereocenters. The molecule has 8 heteroatoms. The third-order valence-corrected chi connectivity index (χ3v) is 6.73. The van der Waals surface area contributed by atoms with Crippen LogP contribution in [0.2, 0.25) is 0 Å². The Balaban J connectivity index is 1.27. The van der Waals surface area contributed by atoms with Crippen molar-refractivity contribution in [2.24, 2.45) is 0 Å². The van der Waals surface area contributed by atoms with Crippen molar-refractivity contribution in [3.63, 3.8) is 0 Å². The van der Waals surface area contributed by atoms with E-state index >= 15 is 0 Å². The number of methoxy groups -OCH3 is 1. The Bertz CT molecular complexity index is 1090. The van der Waals surface area contributed by atoms with Gasteiger partial charge in [-0.1, -0.05) is 24.6 Å². The fourth-order valence-corrected chi connectivity index (χ4v) is 4.76. The van der Waals surface area contributed by atoms with E-state index in [9.17, 15) is 4.79 Å². The van der Waals surface area contributed by atoms with Crippen molar-refractivity contribution in [3.8, 4) is 16.7 Å². The molecule has 0 saturated carbocycles. The number of aromatic nitrogens is 2. The zero-order valence-corrected chi connectivity index (χ0v) is 20.6. The molecule has 1 aromatic heterocycles. The second kappa shape index (κ2) is 11.9. The molecule has 1 aliphatic rings. The van der Waals surface area contributed by atoms with Crippen molar-refractivity contribution < 1.29 is 14.3 Å². The zero-order valence-electron chi connectivity index (χ0n) is 19.8. The molecule has 1 saturated heterocycles. The van der Waals surface area contributed by atoms with Crippen LogP contribution >= 0.6 is 11.5 Å². The number of benzene rings is 2. The number of ether oxygens (including phenoxy) is 2. The van der Waals surface area contributed by atoms with Crippen molar-refractivity contribution in [2.75, 3.05) is 26.7 Å². The molecule has 7 nitrogen and oxygen atoms in total. The second-order valence-electron chi connectivity index (χ2n) is 8.62. The van der Waals surface area contributed by atoms with Crippen LogP contribution in [0.25, 0.3) is 0 Å². The van der Waals surface area contributed by atoms with Gasteiger partial charge in [-0.15, -0.1) is 0 Å². The summed E-state index contributed by atoms with van der Waals surface area (Å²) >= 11 is 1.20. The van der Waals surface area contributed by atoms with E-state index in [-0.39, 0.29) is 5.91 Å². The number of nitrogens with one attached hydrogen (secondary N) is 1. The molecule has 34 heavy (non-hydrogen) atoms. The van der Waals surface area contributed by atoms with Gasteiger partial charge in [0.25, 0.3) is 11.1 Å². The van der Waals surface area contributed by atoms with E-state index in [1.165, 1.54) is 37.3 Å². The monoisotopic (exact) mass is 480 g/mol. The van der Waals surface area contributed by atoms with E-state index in [0.29, 0.717) is 41.3 Å². The van der Waals surface area contributed by atoms with Crippen LogP contribution < -0.4 is 14.8 Å². The molecule has 180 valence electrons. The number of nitrogens with zero attached hydrogens (tertiary/aromatic N) is 3. The van der Waals surface area contributed by atoms with Gasteiger partial charge in [0, 0.05) is 42.6 Å². The molecule has 1 amide bonds. The summed E-state index contributed by atoms with van der Waals surface area (Å²) in [6.45, 7) is 5.15. The summed E-state index contributed by atoms with van der Waals surface area (Å²) in [6.07, 6.45) is 5.42. The first-order valence-corrected chi connectivity index (χ1v) is 12.6. The quantitative estimate of drug-likeness (QED) is 0.415. The average Bonchev–Trinajstić information content (AvgIpc) is 3.29. The second-order valence-corrected chi connectivity index (χ2v) is 9.34. The van der Waals surface area contributed by atoms with E-state index in [1.54, 1.807) is 19.2 Å². The smallest absolute Gasteiger partial charge is 0.298 e. The highest BCUT2D eigenvalue weighted by molar-refractivity contribution is 7.07. The first-order chi connectivity index (χ1) is 16.6. The highest BCUT2D eigenvalue weighted by Crippen LogP contribution is 2.25. The molecular weight excluding hydrogens is 448 g/mol. The van der Waals surface area contributed by atoms with Crippen molar-refractivity contribution in [3.05, 3.63) is 65.5 Å². The number of rotatable bonds is 10. The molecule has 0 radical (unpaired) electrons. The van der Waals surface area contributed by atoms with Gasteiger partial charge in [0.15, 0.2) is 5.82 Å². The Hall–Kier alpha value is -2.97. The number of carbonyl (C=O) groups is 1. The van der Waals surface area contributed by atoms with Gasteiger partial charge in [-0.3, -0.25) is 4.79 Å². The van der Waals surface area contributed by atoms with Gasteiger partial charge in [-0.05, 0) is 68.6 Å². The molecule has 1 aliphatic heterocycles. The molecule has 0 bridgehead atoms. The van der Waals surface area contributed by atoms with Gasteiger partial charge in [-0.25, -0.2) is 0 Å². The van der Waals surface area contributed by atoms with Crippen LogP contribution in [0, 0.1) is 0 Å². The third kappa shape index (κ3) is 6.77. The lowest BCUT2D eigenvalue weighted by Gasteiger charge is -2.33. The first kappa shape index (κ1) is 24.2. The maximum Gasteiger partial charge on any atom is 0.298 e. The number of piperidine rings is 1. The number of carbonyl (C=O) groups excluding carboxylic acids is 1. The van der Waals surface area contributed by atoms with E-state index in [0.717, 1.165) is 24.3 Å². The maximum atomic E-state index is 12.6. The fraction of sp³-hybridized carbons (Fsp3) is 0.423. The fourth-order valence-electron chi connectivity index (χ4n) is 4.19. The minimum absolute atomic E-state index is 0.0897. The zero-order chi connectivity index (χ0) is 23.8. The Labute approximate surface area is 205 Å². The lowest BCUT2D eigenvalue weighted by Crippen LogP contribution is -2.39. The Morgan fingerprint density at radius 1 is 1.18 bits per heavy atom.